The smallest absolute Gasteiger partial charge is 0.315 e. The predicted octanol–water partition coefficient (Wildman–Crippen LogP) is 0.630. The molecule has 1 saturated heterocycles. The Labute approximate surface area is 122 Å². The van der Waals surface area contributed by atoms with Crippen LogP contribution in [0.25, 0.3) is 0 Å². The number of ether oxygens (including phenoxy) is 1. The number of anilines is 1. The Balaban J connectivity index is 1.62. The molecular weight excluding hydrogens is 274 g/mol. The van der Waals surface area contributed by atoms with Gasteiger partial charge in [-0.1, -0.05) is 18.2 Å². The second-order valence-electron chi connectivity index (χ2n) is 4.66. The molecule has 112 valence electrons. The number of benzene rings is 1. The Bertz CT molecular complexity index is 518. The molecule has 1 atom stereocenters. The van der Waals surface area contributed by atoms with Crippen LogP contribution in [0.5, 0.6) is 0 Å². The van der Waals surface area contributed by atoms with Crippen LogP contribution in [0.3, 0.4) is 0 Å². The fourth-order valence-electron chi connectivity index (χ4n) is 1.91. The summed E-state index contributed by atoms with van der Waals surface area (Å²) in [4.78, 5) is 34.0. The molecule has 1 fully saturated rings. The highest BCUT2D eigenvalue weighted by Gasteiger charge is 2.20. The van der Waals surface area contributed by atoms with Gasteiger partial charge in [0, 0.05) is 24.7 Å². The molecule has 1 aromatic carbocycles. The molecule has 0 aliphatic carbocycles. The fourth-order valence-corrected chi connectivity index (χ4v) is 1.91. The number of urea groups is 1. The first kappa shape index (κ1) is 14.8. The zero-order valence-electron chi connectivity index (χ0n) is 11.4. The van der Waals surface area contributed by atoms with Crippen molar-refractivity contribution in [2.75, 3.05) is 18.5 Å². The number of carbonyl (C=O) groups excluding carboxylic acids is 3. The van der Waals surface area contributed by atoms with Crippen LogP contribution in [0, 0.1) is 0 Å². The van der Waals surface area contributed by atoms with E-state index in [4.69, 9.17) is 4.74 Å². The van der Waals surface area contributed by atoms with Gasteiger partial charge in [-0.3, -0.25) is 9.59 Å². The molecule has 7 nitrogen and oxygen atoms in total. The number of hydrogen-bond acceptors (Lipinski definition) is 4. The van der Waals surface area contributed by atoms with Gasteiger partial charge in [-0.15, -0.1) is 0 Å². The lowest BCUT2D eigenvalue weighted by Gasteiger charge is -2.09. The number of nitrogens with one attached hydrogen (secondary N) is 3. The molecule has 1 aliphatic heterocycles. The highest BCUT2D eigenvalue weighted by molar-refractivity contribution is 5.92. The third-order valence-corrected chi connectivity index (χ3v) is 2.96. The lowest BCUT2D eigenvalue weighted by molar-refractivity contribution is -0.147. The van der Waals surface area contributed by atoms with E-state index in [1.54, 1.807) is 24.3 Å². The van der Waals surface area contributed by atoms with Crippen LogP contribution in [0.2, 0.25) is 0 Å². The maximum Gasteiger partial charge on any atom is 0.315 e. The lowest BCUT2D eigenvalue weighted by Crippen LogP contribution is -2.27. The summed E-state index contributed by atoms with van der Waals surface area (Å²) in [7, 11) is 0. The maximum absolute atomic E-state index is 11.6. The van der Waals surface area contributed by atoms with E-state index in [2.05, 4.69) is 16.0 Å². The van der Waals surface area contributed by atoms with E-state index in [0.29, 0.717) is 18.7 Å². The lowest BCUT2D eigenvalue weighted by atomic mass is 10.2. The van der Waals surface area contributed by atoms with Crippen molar-refractivity contribution in [3.63, 3.8) is 0 Å². The second-order valence-corrected chi connectivity index (χ2v) is 4.66. The van der Waals surface area contributed by atoms with E-state index in [0.717, 1.165) is 0 Å². The monoisotopic (exact) mass is 291 g/mol. The van der Waals surface area contributed by atoms with Gasteiger partial charge in [0.15, 0.2) is 6.61 Å². The van der Waals surface area contributed by atoms with E-state index in [1.807, 2.05) is 6.07 Å². The first-order chi connectivity index (χ1) is 10.1. The second kappa shape index (κ2) is 7.28. The van der Waals surface area contributed by atoms with Gasteiger partial charge in [0.25, 0.3) is 5.91 Å². The molecule has 21 heavy (non-hydrogen) atoms. The van der Waals surface area contributed by atoms with Gasteiger partial charge in [0.2, 0.25) is 0 Å². The van der Waals surface area contributed by atoms with Crippen LogP contribution in [-0.2, 0) is 14.3 Å². The molecule has 3 amide bonds. The quantitative estimate of drug-likeness (QED) is 0.670. The SMILES string of the molecule is O=C(COC(=O)CCC1CNC(=O)N1)Nc1ccccc1. The van der Waals surface area contributed by atoms with Crippen molar-refractivity contribution in [3.8, 4) is 0 Å². The average Bonchev–Trinajstić information content (AvgIpc) is 2.90. The highest BCUT2D eigenvalue weighted by atomic mass is 16.5. The van der Waals surface area contributed by atoms with Crippen LogP contribution in [-0.4, -0.2) is 37.1 Å². The molecule has 0 saturated carbocycles. The fraction of sp³-hybridized carbons (Fsp3) is 0.357. The minimum atomic E-state index is -0.459. The highest BCUT2D eigenvalue weighted by Crippen LogP contribution is 2.05. The van der Waals surface area contributed by atoms with Gasteiger partial charge in [-0.25, -0.2) is 4.79 Å². The summed E-state index contributed by atoms with van der Waals surface area (Å²) in [6.45, 7) is 0.184. The van der Waals surface area contributed by atoms with Gasteiger partial charge in [0.05, 0.1) is 0 Å². The van der Waals surface area contributed by atoms with Gasteiger partial charge >= 0.3 is 12.0 Å². The summed E-state index contributed by atoms with van der Waals surface area (Å²) in [5, 5.41) is 7.89. The topological polar surface area (TPSA) is 96.5 Å². The molecule has 0 spiro atoms. The number of amides is 3. The van der Waals surface area contributed by atoms with Crippen LogP contribution in [0.15, 0.2) is 30.3 Å². The Morgan fingerprint density at radius 3 is 2.71 bits per heavy atom. The van der Waals surface area contributed by atoms with Gasteiger partial charge < -0.3 is 20.7 Å². The van der Waals surface area contributed by atoms with Crippen LogP contribution >= 0.6 is 0 Å². The Morgan fingerprint density at radius 2 is 2.05 bits per heavy atom. The molecule has 1 aliphatic rings. The van der Waals surface area contributed by atoms with Crippen molar-refractivity contribution in [1.29, 1.82) is 0 Å². The van der Waals surface area contributed by atoms with Crippen LogP contribution < -0.4 is 16.0 Å². The van der Waals surface area contributed by atoms with Crippen molar-refractivity contribution < 1.29 is 19.1 Å². The molecule has 1 heterocycles. The van der Waals surface area contributed by atoms with Crippen molar-refractivity contribution in [2.24, 2.45) is 0 Å². The molecule has 7 heteroatoms. The summed E-state index contributed by atoms with van der Waals surface area (Å²) in [5.41, 5.74) is 0.651. The van der Waals surface area contributed by atoms with E-state index in [1.165, 1.54) is 0 Å². The van der Waals surface area contributed by atoms with E-state index in [9.17, 15) is 14.4 Å². The largest absolute Gasteiger partial charge is 0.456 e. The van der Waals surface area contributed by atoms with Crippen molar-refractivity contribution in [1.82, 2.24) is 10.6 Å². The van der Waals surface area contributed by atoms with Crippen LogP contribution in [0.4, 0.5) is 10.5 Å². The molecule has 0 bridgehead atoms. The molecular formula is C14H17N3O4. The van der Waals surface area contributed by atoms with Gasteiger partial charge in [0.1, 0.15) is 0 Å². The van der Waals surface area contributed by atoms with Crippen LogP contribution in [0.1, 0.15) is 12.8 Å². The number of para-hydroxylation sites is 1. The first-order valence-corrected chi connectivity index (χ1v) is 6.68. The zero-order chi connectivity index (χ0) is 15.1. The van der Waals surface area contributed by atoms with Crippen molar-refractivity contribution in [3.05, 3.63) is 30.3 Å². The Morgan fingerprint density at radius 1 is 1.29 bits per heavy atom. The van der Waals surface area contributed by atoms with E-state index in [-0.39, 0.29) is 31.0 Å². The van der Waals surface area contributed by atoms with Crippen molar-refractivity contribution in [2.45, 2.75) is 18.9 Å². The minimum absolute atomic E-state index is 0.0665. The van der Waals surface area contributed by atoms with E-state index < -0.39 is 5.97 Å². The summed E-state index contributed by atoms with van der Waals surface area (Å²) >= 11 is 0. The molecule has 1 aromatic rings. The van der Waals surface area contributed by atoms with E-state index >= 15 is 0 Å². The molecule has 0 aromatic heterocycles. The van der Waals surface area contributed by atoms with Gasteiger partial charge in [-0.2, -0.15) is 0 Å². The summed E-state index contributed by atoms with van der Waals surface area (Å²) in [5.74, 6) is -0.843. The average molecular weight is 291 g/mol. The molecule has 0 radical (unpaired) electrons. The summed E-state index contributed by atoms with van der Waals surface area (Å²) < 4.78 is 4.88. The third-order valence-electron chi connectivity index (χ3n) is 2.96. The molecule has 2 rings (SSSR count). The van der Waals surface area contributed by atoms with Crippen molar-refractivity contribution >= 4 is 23.6 Å². The third kappa shape index (κ3) is 5.13. The Hall–Kier alpha value is -2.57. The summed E-state index contributed by atoms with van der Waals surface area (Å²) in [6.07, 6.45) is 0.642. The summed E-state index contributed by atoms with van der Waals surface area (Å²) in [6, 6.07) is 8.63. The maximum atomic E-state index is 11.6. The zero-order valence-corrected chi connectivity index (χ0v) is 11.4. The number of hydrogen-bond donors (Lipinski definition) is 3. The van der Waals surface area contributed by atoms with Gasteiger partial charge in [-0.05, 0) is 18.6 Å². The predicted molar refractivity (Wildman–Crippen MR) is 75.6 cm³/mol. The Kier molecular flexibility index (Phi) is 5.14. The standard InChI is InChI=1S/C14H17N3O4/c18-12(16-10-4-2-1-3-5-10)9-21-13(19)7-6-11-8-15-14(20)17-11/h1-5,11H,6-9H2,(H,16,18)(H2,15,17,20). The number of rotatable bonds is 6. The number of carbonyl (C=O) groups is 3. The normalized spacial score (nSPS) is 16.8. The minimum Gasteiger partial charge on any atom is -0.456 e. The molecule has 3 N–H and O–H groups in total. The first-order valence-electron chi connectivity index (χ1n) is 6.68. The number of esters is 1. The molecule has 1 unspecified atom stereocenters.